The number of rotatable bonds is 5. The van der Waals surface area contributed by atoms with Crippen molar-refractivity contribution in [2.75, 3.05) is 26.2 Å². The van der Waals surface area contributed by atoms with Crippen molar-refractivity contribution >= 4 is 20.9 Å². The zero-order chi connectivity index (χ0) is 18.9. The lowest BCUT2D eigenvalue weighted by Crippen LogP contribution is -2.48. The summed E-state index contributed by atoms with van der Waals surface area (Å²) in [5.74, 6) is 0.0854. The molecule has 142 valence electrons. The number of piperazine rings is 1. The monoisotopic (exact) mass is 383 g/mol. The molecule has 1 aromatic heterocycles. The lowest BCUT2D eigenvalue weighted by Gasteiger charge is -2.34. The molecule has 0 bridgehead atoms. The van der Waals surface area contributed by atoms with E-state index >= 15 is 0 Å². The summed E-state index contributed by atoms with van der Waals surface area (Å²) in [5, 5.41) is 1.24. The maximum atomic E-state index is 12.8. The fraction of sp³-hybridized carbons (Fsp3) is 0.333. The minimum absolute atomic E-state index is 0.0854. The first kappa shape index (κ1) is 18.2. The minimum atomic E-state index is -3.28. The average molecular weight is 384 g/mol. The van der Waals surface area contributed by atoms with E-state index in [2.05, 4.69) is 34.3 Å². The number of benzene rings is 2. The highest BCUT2D eigenvalue weighted by molar-refractivity contribution is 7.88. The summed E-state index contributed by atoms with van der Waals surface area (Å²) < 4.78 is 27.3. The lowest BCUT2D eigenvalue weighted by atomic mass is 10.1. The van der Waals surface area contributed by atoms with Crippen LogP contribution in [-0.2, 0) is 22.3 Å². The van der Waals surface area contributed by atoms with Crippen LogP contribution in [0.15, 0.2) is 54.7 Å². The molecule has 0 radical (unpaired) electrons. The maximum Gasteiger partial charge on any atom is 0.218 e. The second kappa shape index (κ2) is 7.46. The third kappa shape index (κ3) is 3.93. The summed E-state index contributed by atoms with van der Waals surface area (Å²) in [5.41, 5.74) is 4.33. The van der Waals surface area contributed by atoms with Gasteiger partial charge in [-0.25, -0.2) is 8.42 Å². The van der Waals surface area contributed by atoms with Crippen LogP contribution >= 0.6 is 0 Å². The first-order chi connectivity index (χ1) is 13.0. The molecule has 4 rings (SSSR count). The maximum absolute atomic E-state index is 12.8. The average Bonchev–Trinajstić information content (AvgIpc) is 3.07. The minimum Gasteiger partial charge on any atom is -0.361 e. The van der Waals surface area contributed by atoms with Crippen molar-refractivity contribution in [3.63, 3.8) is 0 Å². The van der Waals surface area contributed by atoms with Gasteiger partial charge in [-0.05, 0) is 29.7 Å². The van der Waals surface area contributed by atoms with Gasteiger partial charge in [0.05, 0.1) is 5.75 Å². The van der Waals surface area contributed by atoms with Crippen molar-refractivity contribution in [1.82, 2.24) is 14.2 Å². The van der Waals surface area contributed by atoms with E-state index in [1.165, 1.54) is 10.9 Å². The number of aromatic nitrogens is 1. The van der Waals surface area contributed by atoms with Crippen molar-refractivity contribution in [1.29, 1.82) is 0 Å². The van der Waals surface area contributed by atoms with Crippen molar-refractivity contribution in [3.8, 4) is 0 Å². The van der Waals surface area contributed by atoms with Crippen LogP contribution in [0.5, 0.6) is 0 Å². The Bertz CT molecular complexity index is 1030. The van der Waals surface area contributed by atoms with Crippen molar-refractivity contribution in [2.24, 2.45) is 0 Å². The van der Waals surface area contributed by atoms with Gasteiger partial charge in [-0.2, -0.15) is 4.31 Å². The Labute approximate surface area is 160 Å². The first-order valence-corrected chi connectivity index (χ1v) is 10.9. The van der Waals surface area contributed by atoms with Gasteiger partial charge in [0.25, 0.3) is 0 Å². The topological polar surface area (TPSA) is 56.4 Å². The Morgan fingerprint density at radius 3 is 2.41 bits per heavy atom. The number of para-hydroxylation sites is 1. The van der Waals surface area contributed by atoms with E-state index in [4.69, 9.17) is 0 Å². The van der Waals surface area contributed by atoms with Crippen LogP contribution in [0.3, 0.4) is 0 Å². The molecule has 2 aromatic carbocycles. The molecule has 1 N–H and O–H groups in total. The first-order valence-electron chi connectivity index (χ1n) is 9.32. The quantitative estimate of drug-likeness (QED) is 0.736. The molecule has 1 aliphatic rings. The zero-order valence-corrected chi connectivity index (χ0v) is 16.4. The summed E-state index contributed by atoms with van der Waals surface area (Å²) in [6.45, 7) is 5.42. The molecular weight excluding hydrogens is 358 g/mol. The number of nitrogens with one attached hydrogen (secondary N) is 1. The number of hydrogen-bond acceptors (Lipinski definition) is 3. The Kier molecular flexibility index (Phi) is 5.04. The third-order valence-electron chi connectivity index (χ3n) is 5.39. The van der Waals surface area contributed by atoms with E-state index in [0.29, 0.717) is 13.1 Å². The standard InChI is InChI=1S/C21H25N3O2S/c1-17-6-2-3-7-18(17)16-27(25,26)24-12-10-23(11-13-24)15-19-14-22-21-9-5-4-8-20(19)21/h2-9,14,22H,10-13,15-16H2,1H3. The highest BCUT2D eigenvalue weighted by Gasteiger charge is 2.27. The predicted octanol–water partition coefficient (Wildman–Crippen LogP) is 3.12. The van der Waals surface area contributed by atoms with E-state index in [9.17, 15) is 8.42 Å². The molecule has 1 saturated heterocycles. The normalized spacial score (nSPS) is 16.8. The van der Waals surface area contributed by atoms with Gasteiger partial charge in [-0.1, -0.05) is 42.5 Å². The Hall–Kier alpha value is -2.15. The van der Waals surface area contributed by atoms with E-state index in [1.54, 1.807) is 4.31 Å². The van der Waals surface area contributed by atoms with E-state index in [1.807, 2.05) is 37.3 Å². The molecular formula is C21H25N3O2S. The molecule has 0 spiro atoms. The third-order valence-corrected chi connectivity index (χ3v) is 7.22. The summed E-state index contributed by atoms with van der Waals surface area (Å²) in [6, 6.07) is 16.0. The number of sulfonamides is 1. The molecule has 0 amide bonds. The smallest absolute Gasteiger partial charge is 0.218 e. The van der Waals surface area contributed by atoms with Gasteiger partial charge in [0, 0.05) is 49.8 Å². The fourth-order valence-electron chi connectivity index (χ4n) is 3.73. The van der Waals surface area contributed by atoms with Gasteiger partial charge in [-0.15, -0.1) is 0 Å². The van der Waals surface area contributed by atoms with Gasteiger partial charge >= 0.3 is 0 Å². The van der Waals surface area contributed by atoms with Crippen LogP contribution in [0.2, 0.25) is 0 Å². The summed E-state index contributed by atoms with van der Waals surface area (Å²) in [7, 11) is -3.28. The molecule has 0 unspecified atom stereocenters. The molecule has 3 aromatic rings. The van der Waals surface area contributed by atoms with Crippen molar-refractivity contribution in [3.05, 3.63) is 71.4 Å². The zero-order valence-electron chi connectivity index (χ0n) is 15.6. The van der Waals surface area contributed by atoms with Crippen molar-refractivity contribution < 1.29 is 8.42 Å². The predicted molar refractivity (Wildman–Crippen MR) is 109 cm³/mol. The van der Waals surface area contributed by atoms with Crippen LogP contribution < -0.4 is 0 Å². The Balaban J connectivity index is 1.39. The summed E-state index contributed by atoms with van der Waals surface area (Å²) in [6.07, 6.45) is 2.06. The second-order valence-electron chi connectivity index (χ2n) is 7.22. The van der Waals surface area contributed by atoms with E-state index in [-0.39, 0.29) is 5.75 Å². The molecule has 0 atom stereocenters. The SMILES string of the molecule is Cc1ccccc1CS(=O)(=O)N1CCN(Cc2c[nH]c3ccccc23)CC1. The number of aryl methyl sites for hydroxylation is 1. The molecule has 0 aliphatic carbocycles. The number of aromatic amines is 1. The number of H-pyrrole nitrogens is 1. The van der Waals surface area contributed by atoms with Gasteiger partial charge in [0.1, 0.15) is 0 Å². The lowest BCUT2D eigenvalue weighted by molar-refractivity contribution is 0.182. The van der Waals surface area contributed by atoms with Crippen LogP contribution in [0.25, 0.3) is 10.9 Å². The van der Waals surface area contributed by atoms with Crippen LogP contribution in [0.1, 0.15) is 16.7 Å². The molecule has 1 aliphatic heterocycles. The molecule has 2 heterocycles. The Morgan fingerprint density at radius 1 is 0.926 bits per heavy atom. The molecule has 6 heteroatoms. The molecule has 27 heavy (non-hydrogen) atoms. The van der Waals surface area contributed by atoms with Gasteiger partial charge in [0.2, 0.25) is 10.0 Å². The number of fused-ring (bicyclic) bond motifs is 1. The second-order valence-corrected chi connectivity index (χ2v) is 9.19. The van der Waals surface area contributed by atoms with Crippen LogP contribution in [0.4, 0.5) is 0 Å². The number of nitrogens with zero attached hydrogens (tertiary/aromatic N) is 2. The molecule has 0 saturated carbocycles. The summed E-state index contributed by atoms with van der Waals surface area (Å²) >= 11 is 0. The fourth-order valence-corrected chi connectivity index (χ4v) is 5.35. The van der Waals surface area contributed by atoms with Gasteiger partial charge in [0.15, 0.2) is 0 Å². The largest absolute Gasteiger partial charge is 0.361 e. The van der Waals surface area contributed by atoms with Gasteiger partial charge in [-0.3, -0.25) is 4.90 Å². The highest BCUT2D eigenvalue weighted by Crippen LogP contribution is 2.21. The van der Waals surface area contributed by atoms with E-state index in [0.717, 1.165) is 36.3 Å². The summed E-state index contributed by atoms with van der Waals surface area (Å²) in [4.78, 5) is 5.64. The molecule has 5 nitrogen and oxygen atoms in total. The van der Waals surface area contributed by atoms with Crippen LogP contribution in [-0.4, -0.2) is 48.8 Å². The van der Waals surface area contributed by atoms with E-state index < -0.39 is 10.0 Å². The molecule has 1 fully saturated rings. The number of hydrogen-bond donors (Lipinski definition) is 1. The Morgan fingerprint density at radius 2 is 1.63 bits per heavy atom. The van der Waals surface area contributed by atoms with Crippen molar-refractivity contribution in [2.45, 2.75) is 19.2 Å². The highest BCUT2D eigenvalue weighted by atomic mass is 32.2. The van der Waals surface area contributed by atoms with Crippen LogP contribution in [0, 0.1) is 6.92 Å². The van der Waals surface area contributed by atoms with Gasteiger partial charge < -0.3 is 4.98 Å².